The van der Waals surface area contributed by atoms with E-state index in [1.165, 1.54) is 11.1 Å². The van der Waals surface area contributed by atoms with Crippen molar-refractivity contribution in [3.63, 3.8) is 0 Å². The van der Waals surface area contributed by atoms with Crippen LogP contribution >= 0.6 is 0 Å². The molecule has 0 aromatic heterocycles. The van der Waals surface area contributed by atoms with Crippen LogP contribution in [-0.4, -0.2) is 19.2 Å². The van der Waals surface area contributed by atoms with Crippen molar-refractivity contribution >= 4 is 11.3 Å². The lowest BCUT2D eigenvalue weighted by Crippen LogP contribution is -2.51. The first-order valence-electron chi connectivity index (χ1n) is 8.13. The summed E-state index contributed by atoms with van der Waals surface area (Å²) in [5, 5.41) is 0. The third-order valence-electron chi connectivity index (χ3n) is 5.94. The Morgan fingerprint density at radius 1 is 1.13 bits per heavy atom. The van der Waals surface area contributed by atoms with Gasteiger partial charge in [0.2, 0.25) is 0 Å². The minimum Gasteiger partial charge on any atom is -0.365 e. The summed E-state index contributed by atoms with van der Waals surface area (Å²) in [4.78, 5) is 2.32. The van der Waals surface area contributed by atoms with Gasteiger partial charge in [-0.2, -0.15) is 0 Å². The van der Waals surface area contributed by atoms with E-state index in [2.05, 4.69) is 30.2 Å². The molecule has 2 heterocycles. The molecule has 0 unspecified atom stereocenters. The van der Waals surface area contributed by atoms with Gasteiger partial charge in [-0.05, 0) is 42.2 Å². The monoisotopic (exact) mass is 307 g/mol. The number of fused-ring (bicyclic) bond motifs is 1. The molecule has 1 fully saturated rings. The molecule has 0 bridgehead atoms. The average molecular weight is 307 g/mol. The summed E-state index contributed by atoms with van der Waals surface area (Å²) in [6.07, 6.45) is 4.19. The van der Waals surface area contributed by atoms with E-state index in [1.54, 1.807) is 12.1 Å². The number of hydrogen-bond acceptors (Lipinski definition) is 2. The Labute approximate surface area is 135 Å². The standard InChI is InChI=1S/C20H18FNO/c1-22-18-8-7-15(21)13-17(18)20-16(14-5-3-2-4-6-14)9-10-19(20,22)11-12-23-20/h2-9,13H,10-12H2,1H3/t19-,20-/m0/s1. The largest absolute Gasteiger partial charge is 0.365 e. The zero-order valence-corrected chi connectivity index (χ0v) is 13.1. The van der Waals surface area contributed by atoms with Crippen molar-refractivity contribution in [2.75, 3.05) is 18.6 Å². The molecule has 0 saturated carbocycles. The van der Waals surface area contributed by atoms with Crippen molar-refractivity contribution in [1.82, 2.24) is 0 Å². The maximum atomic E-state index is 14.0. The third-order valence-corrected chi connectivity index (χ3v) is 5.94. The van der Waals surface area contributed by atoms with E-state index in [4.69, 9.17) is 4.74 Å². The van der Waals surface area contributed by atoms with Gasteiger partial charge in [0.1, 0.15) is 11.4 Å². The van der Waals surface area contributed by atoms with Crippen LogP contribution < -0.4 is 4.90 Å². The molecule has 1 saturated heterocycles. The molecule has 1 aliphatic carbocycles. The zero-order chi connectivity index (χ0) is 15.7. The smallest absolute Gasteiger partial charge is 0.144 e. The van der Waals surface area contributed by atoms with Crippen molar-refractivity contribution in [1.29, 1.82) is 0 Å². The van der Waals surface area contributed by atoms with E-state index >= 15 is 0 Å². The van der Waals surface area contributed by atoms with E-state index < -0.39 is 5.60 Å². The molecule has 2 aliphatic heterocycles. The highest BCUT2D eigenvalue weighted by Gasteiger charge is 2.68. The molecule has 2 nitrogen and oxygen atoms in total. The van der Waals surface area contributed by atoms with E-state index in [0.717, 1.165) is 24.1 Å². The molecule has 2 atom stereocenters. The molecule has 23 heavy (non-hydrogen) atoms. The van der Waals surface area contributed by atoms with E-state index in [9.17, 15) is 4.39 Å². The van der Waals surface area contributed by atoms with Gasteiger partial charge in [0.25, 0.3) is 0 Å². The Morgan fingerprint density at radius 2 is 1.96 bits per heavy atom. The first-order chi connectivity index (χ1) is 11.2. The quantitative estimate of drug-likeness (QED) is 0.786. The minimum atomic E-state index is -0.541. The molecule has 0 N–H and O–H groups in total. The van der Waals surface area contributed by atoms with Gasteiger partial charge in [-0.15, -0.1) is 0 Å². The highest BCUT2D eigenvalue weighted by Crippen LogP contribution is 2.66. The normalized spacial score (nSPS) is 30.9. The Morgan fingerprint density at radius 3 is 2.78 bits per heavy atom. The molecule has 0 amide bonds. The summed E-state index contributed by atoms with van der Waals surface area (Å²) >= 11 is 0. The lowest BCUT2D eigenvalue weighted by Gasteiger charge is -2.40. The van der Waals surface area contributed by atoms with Crippen LogP contribution in [0.25, 0.3) is 5.57 Å². The van der Waals surface area contributed by atoms with Gasteiger partial charge in [-0.25, -0.2) is 4.39 Å². The van der Waals surface area contributed by atoms with Gasteiger partial charge < -0.3 is 9.64 Å². The van der Waals surface area contributed by atoms with Crippen molar-refractivity contribution in [3.8, 4) is 0 Å². The van der Waals surface area contributed by atoms with Gasteiger partial charge in [-0.1, -0.05) is 36.4 Å². The second-order valence-electron chi connectivity index (χ2n) is 6.72. The molecule has 3 heteroatoms. The number of benzene rings is 2. The fourth-order valence-electron chi connectivity index (χ4n) is 4.94. The molecule has 5 rings (SSSR count). The van der Waals surface area contributed by atoms with Crippen LogP contribution in [0.2, 0.25) is 0 Å². The number of rotatable bonds is 1. The molecule has 2 aromatic rings. The Balaban J connectivity index is 1.81. The van der Waals surface area contributed by atoms with Gasteiger partial charge >= 0.3 is 0 Å². The number of nitrogens with zero attached hydrogens (tertiary/aromatic N) is 1. The molecule has 3 aliphatic rings. The van der Waals surface area contributed by atoms with E-state index in [-0.39, 0.29) is 11.4 Å². The summed E-state index contributed by atoms with van der Waals surface area (Å²) in [6.45, 7) is 0.713. The molecule has 0 spiro atoms. The first kappa shape index (κ1) is 13.3. The van der Waals surface area contributed by atoms with Crippen molar-refractivity contribution < 1.29 is 9.13 Å². The maximum Gasteiger partial charge on any atom is 0.144 e. The van der Waals surface area contributed by atoms with Crippen molar-refractivity contribution in [2.45, 2.75) is 24.0 Å². The minimum absolute atomic E-state index is 0.117. The maximum absolute atomic E-state index is 14.0. The zero-order valence-electron chi connectivity index (χ0n) is 13.1. The third kappa shape index (κ3) is 1.38. The van der Waals surface area contributed by atoms with Crippen LogP contribution in [0.15, 0.2) is 54.6 Å². The first-order valence-corrected chi connectivity index (χ1v) is 8.13. The predicted molar refractivity (Wildman–Crippen MR) is 88.8 cm³/mol. The number of ether oxygens (including phenoxy) is 1. The summed E-state index contributed by atoms with van der Waals surface area (Å²) in [6, 6.07) is 15.5. The molecule has 0 radical (unpaired) electrons. The van der Waals surface area contributed by atoms with Gasteiger partial charge in [0.15, 0.2) is 0 Å². The lowest BCUT2D eigenvalue weighted by atomic mass is 9.75. The molecule has 116 valence electrons. The van der Waals surface area contributed by atoms with Crippen LogP contribution in [0.4, 0.5) is 10.1 Å². The van der Waals surface area contributed by atoms with Crippen LogP contribution in [0, 0.1) is 5.82 Å². The number of halogens is 1. The highest BCUT2D eigenvalue weighted by molar-refractivity contribution is 5.87. The fraction of sp³-hybridized carbons (Fsp3) is 0.300. The number of hydrogen-bond donors (Lipinski definition) is 0. The van der Waals surface area contributed by atoms with Crippen LogP contribution in [-0.2, 0) is 10.3 Å². The Bertz CT molecular complexity index is 831. The van der Waals surface area contributed by atoms with Gasteiger partial charge in [-0.3, -0.25) is 0 Å². The summed E-state index contributed by atoms with van der Waals surface area (Å²) in [7, 11) is 2.12. The predicted octanol–water partition coefficient (Wildman–Crippen LogP) is 4.12. The summed E-state index contributed by atoms with van der Waals surface area (Å²) in [5.41, 5.74) is 3.76. The SMILES string of the molecule is CN1c2ccc(F)cc2[C@]23OCC[C@]12CC=C3c1ccccc1. The molecular formula is C20H18FNO. The molecular weight excluding hydrogens is 289 g/mol. The highest BCUT2D eigenvalue weighted by atomic mass is 19.1. The lowest BCUT2D eigenvalue weighted by molar-refractivity contribution is 0.0309. The molecule has 2 aromatic carbocycles. The fourth-order valence-corrected chi connectivity index (χ4v) is 4.94. The second kappa shape index (κ2) is 4.24. The van der Waals surface area contributed by atoms with Crippen molar-refractivity contribution in [2.24, 2.45) is 0 Å². The second-order valence-corrected chi connectivity index (χ2v) is 6.72. The van der Waals surface area contributed by atoms with E-state index in [1.807, 2.05) is 24.3 Å². The number of anilines is 1. The van der Waals surface area contributed by atoms with Gasteiger partial charge in [0.05, 0.1) is 12.1 Å². The topological polar surface area (TPSA) is 12.5 Å². The summed E-state index contributed by atoms with van der Waals surface area (Å²) < 4.78 is 20.5. The average Bonchev–Trinajstić information content (AvgIpc) is 3.15. The number of likely N-dealkylation sites (N-methyl/N-ethyl adjacent to an activating group) is 1. The van der Waals surface area contributed by atoms with Gasteiger partial charge in [0, 0.05) is 18.3 Å². The van der Waals surface area contributed by atoms with Crippen LogP contribution in [0.3, 0.4) is 0 Å². The Hall–Kier alpha value is -2.13. The summed E-state index contributed by atoms with van der Waals surface area (Å²) in [5.74, 6) is -0.197. The van der Waals surface area contributed by atoms with Crippen molar-refractivity contribution in [3.05, 3.63) is 71.6 Å². The van der Waals surface area contributed by atoms with Crippen LogP contribution in [0.1, 0.15) is 24.0 Å². The van der Waals surface area contributed by atoms with E-state index in [0.29, 0.717) is 6.61 Å². The Kier molecular flexibility index (Phi) is 2.45. The van der Waals surface area contributed by atoms with Crippen LogP contribution in [0.5, 0.6) is 0 Å².